The Bertz CT molecular complexity index is 403. The van der Waals surface area contributed by atoms with Gasteiger partial charge >= 0.3 is 0 Å². The van der Waals surface area contributed by atoms with Crippen LogP contribution in [0.15, 0.2) is 24.3 Å². The fourth-order valence-corrected chi connectivity index (χ4v) is 2.29. The zero-order valence-electron chi connectivity index (χ0n) is 12.9. The monoisotopic (exact) mass is 294 g/mol. The second-order valence-corrected chi connectivity index (χ2v) is 5.96. The standard InChI is InChI=1S/C16H26N2OS/c1-12(2)6-5-7-13(3)17-16(20)18-14-8-10-15(19-4)11-9-14/h8-13H,5-7H2,1-4H3,(H2,17,18,20)/t13-/m0/s1. The number of hydrogen-bond acceptors (Lipinski definition) is 2. The lowest BCUT2D eigenvalue weighted by molar-refractivity contribution is 0.415. The first-order chi connectivity index (χ1) is 9.51. The third-order valence-electron chi connectivity index (χ3n) is 3.14. The van der Waals surface area contributed by atoms with Crippen molar-refractivity contribution in [1.82, 2.24) is 5.32 Å². The Morgan fingerprint density at radius 3 is 2.35 bits per heavy atom. The van der Waals surface area contributed by atoms with E-state index in [0.29, 0.717) is 11.2 Å². The van der Waals surface area contributed by atoms with Crippen LogP contribution in [0.2, 0.25) is 0 Å². The van der Waals surface area contributed by atoms with Crippen molar-refractivity contribution in [2.75, 3.05) is 12.4 Å². The van der Waals surface area contributed by atoms with Gasteiger partial charge in [0.2, 0.25) is 0 Å². The molecule has 0 aromatic heterocycles. The molecule has 0 spiro atoms. The molecule has 1 aromatic carbocycles. The predicted octanol–water partition coefficient (Wildman–Crippen LogP) is 4.20. The summed E-state index contributed by atoms with van der Waals surface area (Å²) in [6.07, 6.45) is 3.64. The SMILES string of the molecule is COc1ccc(NC(=S)N[C@@H](C)CCCC(C)C)cc1. The van der Waals surface area contributed by atoms with Gasteiger partial charge in [0, 0.05) is 11.7 Å². The highest BCUT2D eigenvalue weighted by Gasteiger charge is 2.05. The molecule has 0 amide bonds. The summed E-state index contributed by atoms with van der Waals surface area (Å²) in [5.74, 6) is 1.61. The van der Waals surface area contributed by atoms with Crippen LogP contribution in [0.5, 0.6) is 5.75 Å². The van der Waals surface area contributed by atoms with Crippen LogP contribution in [0.25, 0.3) is 0 Å². The molecule has 0 aliphatic rings. The van der Waals surface area contributed by atoms with E-state index in [2.05, 4.69) is 31.4 Å². The second kappa shape index (κ2) is 8.80. The summed E-state index contributed by atoms with van der Waals surface area (Å²) in [6.45, 7) is 6.68. The van der Waals surface area contributed by atoms with E-state index in [1.54, 1.807) is 7.11 Å². The Morgan fingerprint density at radius 2 is 1.80 bits per heavy atom. The summed E-state index contributed by atoms with van der Waals surface area (Å²) >= 11 is 5.32. The number of ether oxygens (including phenoxy) is 1. The van der Waals surface area contributed by atoms with E-state index in [4.69, 9.17) is 17.0 Å². The van der Waals surface area contributed by atoms with Gasteiger partial charge < -0.3 is 15.4 Å². The van der Waals surface area contributed by atoms with Gasteiger partial charge in [0.25, 0.3) is 0 Å². The van der Waals surface area contributed by atoms with Crippen molar-refractivity contribution in [2.45, 2.75) is 46.1 Å². The van der Waals surface area contributed by atoms with Crippen molar-refractivity contribution in [3.8, 4) is 5.75 Å². The van der Waals surface area contributed by atoms with E-state index >= 15 is 0 Å². The van der Waals surface area contributed by atoms with Crippen LogP contribution in [0.1, 0.15) is 40.0 Å². The summed E-state index contributed by atoms with van der Waals surface area (Å²) in [5.41, 5.74) is 0.970. The molecule has 0 saturated carbocycles. The number of methoxy groups -OCH3 is 1. The van der Waals surface area contributed by atoms with Crippen LogP contribution in [0.3, 0.4) is 0 Å². The van der Waals surface area contributed by atoms with E-state index < -0.39 is 0 Å². The minimum absolute atomic E-state index is 0.395. The quantitative estimate of drug-likeness (QED) is 0.739. The molecule has 3 nitrogen and oxygen atoms in total. The van der Waals surface area contributed by atoms with Gasteiger partial charge in [-0.1, -0.05) is 26.7 Å². The molecular weight excluding hydrogens is 268 g/mol. The van der Waals surface area contributed by atoms with Crippen LogP contribution in [-0.4, -0.2) is 18.3 Å². The minimum Gasteiger partial charge on any atom is -0.497 e. The average molecular weight is 294 g/mol. The van der Waals surface area contributed by atoms with Crippen molar-refractivity contribution < 1.29 is 4.74 Å². The normalized spacial score (nSPS) is 12.1. The van der Waals surface area contributed by atoms with Crippen LogP contribution >= 0.6 is 12.2 Å². The highest BCUT2D eigenvalue weighted by molar-refractivity contribution is 7.80. The lowest BCUT2D eigenvalue weighted by Crippen LogP contribution is -2.35. The molecule has 0 bridgehead atoms. The predicted molar refractivity (Wildman–Crippen MR) is 90.5 cm³/mol. The molecular formula is C16H26N2OS. The topological polar surface area (TPSA) is 33.3 Å². The van der Waals surface area contributed by atoms with Gasteiger partial charge in [0.1, 0.15) is 5.75 Å². The van der Waals surface area contributed by atoms with E-state index in [0.717, 1.165) is 23.8 Å². The van der Waals surface area contributed by atoms with Crippen LogP contribution < -0.4 is 15.4 Å². The van der Waals surface area contributed by atoms with E-state index in [9.17, 15) is 0 Å². The van der Waals surface area contributed by atoms with Crippen LogP contribution in [-0.2, 0) is 0 Å². The summed E-state index contributed by atoms with van der Waals surface area (Å²) in [6, 6.07) is 8.13. The fourth-order valence-electron chi connectivity index (χ4n) is 1.97. The molecule has 0 radical (unpaired) electrons. The number of benzene rings is 1. The molecule has 1 atom stereocenters. The maximum Gasteiger partial charge on any atom is 0.170 e. The third-order valence-corrected chi connectivity index (χ3v) is 3.36. The highest BCUT2D eigenvalue weighted by Crippen LogP contribution is 2.15. The number of thiocarbonyl (C=S) groups is 1. The molecule has 2 N–H and O–H groups in total. The first-order valence-electron chi connectivity index (χ1n) is 7.23. The number of anilines is 1. The molecule has 0 saturated heterocycles. The van der Waals surface area contributed by atoms with Crippen molar-refractivity contribution in [1.29, 1.82) is 0 Å². The Labute approximate surface area is 128 Å². The van der Waals surface area contributed by atoms with Gasteiger partial charge in [-0.2, -0.15) is 0 Å². The van der Waals surface area contributed by atoms with Gasteiger partial charge in [-0.05, 0) is 55.7 Å². The zero-order valence-corrected chi connectivity index (χ0v) is 13.7. The summed E-state index contributed by atoms with van der Waals surface area (Å²) < 4.78 is 5.13. The molecule has 0 aliphatic carbocycles. The lowest BCUT2D eigenvalue weighted by Gasteiger charge is -2.17. The fraction of sp³-hybridized carbons (Fsp3) is 0.562. The third kappa shape index (κ3) is 6.75. The number of hydrogen-bond donors (Lipinski definition) is 2. The van der Waals surface area contributed by atoms with Crippen molar-refractivity contribution >= 4 is 23.0 Å². The van der Waals surface area contributed by atoms with Gasteiger partial charge in [-0.3, -0.25) is 0 Å². The maximum absolute atomic E-state index is 5.32. The largest absolute Gasteiger partial charge is 0.497 e. The molecule has 1 rings (SSSR count). The van der Waals surface area contributed by atoms with Gasteiger partial charge in [-0.25, -0.2) is 0 Å². The summed E-state index contributed by atoms with van der Waals surface area (Å²) in [7, 11) is 1.66. The highest BCUT2D eigenvalue weighted by atomic mass is 32.1. The number of nitrogens with one attached hydrogen (secondary N) is 2. The minimum atomic E-state index is 0.395. The van der Waals surface area contributed by atoms with Crippen molar-refractivity contribution in [2.24, 2.45) is 5.92 Å². The molecule has 1 aromatic rings. The van der Waals surface area contributed by atoms with Crippen LogP contribution in [0, 0.1) is 5.92 Å². The lowest BCUT2D eigenvalue weighted by atomic mass is 10.0. The van der Waals surface area contributed by atoms with Gasteiger partial charge in [0.05, 0.1) is 7.11 Å². The Kier molecular flexibility index (Phi) is 7.37. The van der Waals surface area contributed by atoms with E-state index in [-0.39, 0.29) is 0 Å². The Morgan fingerprint density at radius 1 is 1.15 bits per heavy atom. The van der Waals surface area contributed by atoms with E-state index in [1.807, 2.05) is 24.3 Å². The summed E-state index contributed by atoms with van der Waals surface area (Å²) in [5, 5.41) is 7.18. The average Bonchev–Trinajstić information content (AvgIpc) is 2.38. The molecule has 0 heterocycles. The first-order valence-corrected chi connectivity index (χ1v) is 7.63. The molecule has 4 heteroatoms. The zero-order chi connectivity index (χ0) is 15.0. The van der Waals surface area contributed by atoms with Crippen molar-refractivity contribution in [3.63, 3.8) is 0 Å². The molecule has 112 valence electrons. The van der Waals surface area contributed by atoms with Crippen LogP contribution in [0.4, 0.5) is 5.69 Å². The van der Waals surface area contributed by atoms with Crippen molar-refractivity contribution in [3.05, 3.63) is 24.3 Å². The van der Waals surface area contributed by atoms with Gasteiger partial charge in [-0.15, -0.1) is 0 Å². The first kappa shape index (κ1) is 16.8. The smallest absolute Gasteiger partial charge is 0.170 e. The second-order valence-electron chi connectivity index (χ2n) is 5.55. The van der Waals surface area contributed by atoms with E-state index in [1.165, 1.54) is 12.8 Å². The maximum atomic E-state index is 5.32. The Hall–Kier alpha value is -1.29. The molecule has 0 fully saturated rings. The summed E-state index contributed by atoms with van der Waals surface area (Å²) in [4.78, 5) is 0. The number of rotatable bonds is 7. The molecule has 0 unspecified atom stereocenters. The Balaban J connectivity index is 2.31. The van der Waals surface area contributed by atoms with Gasteiger partial charge in [0.15, 0.2) is 5.11 Å². The molecule has 20 heavy (non-hydrogen) atoms. The molecule has 0 aliphatic heterocycles.